The highest BCUT2D eigenvalue weighted by atomic mass is 35.5. The van der Waals surface area contributed by atoms with Crippen molar-refractivity contribution in [3.63, 3.8) is 0 Å². The first-order valence-corrected chi connectivity index (χ1v) is 9.85. The zero-order valence-electron chi connectivity index (χ0n) is 15.3. The number of hydrogen-bond acceptors (Lipinski definition) is 4. The van der Waals surface area contributed by atoms with Crippen LogP contribution in [0.15, 0.2) is 52.8 Å². The number of carbonyl (C=O) groups is 2. The minimum Gasteiger partial charge on any atom is -0.304 e. The van der Waals surface area contributed by atoms with Crippen molar-refractivity contribution in [2.75, 3.05) is 0 Å². The fourth-order valence-electron chi connectivity index (χ4n) is 3.09. The third-order valence-corrected chi connectivity index (χ3v) is 6.38. The number of hydrogen-bond donors (Lipinski definition) is 1. The molecule has 27 heavy (non-hydrogen) atoms. The Balaban J connectivity index is 1.80. The molecule has 1 saturated heterocycles. The molecule has 0 saturated carbocycles. The Bertz CT molecular complexity index is 878. The molecular weight excluding hydrogens is 387 g/mol. The number of carbonyl (C=O) groups excluding carboxylic acids is 2. The molecule has 3 atom stereocenters. The van der Waals surface area contributed by atoms with E-state index in [2.05, 4.69) is 10.3 Å². The van der Waals surface area contributed by atoms with Gasteiger partial charge in [0.05, 0.1) is 6.04 Å². The minimum absolute atomic E-state index is 0.117. The molecule has 0 spiro atoms. The van der Waals surface area contributed by atoms with Crippen LogP contribution >= 0.6 is 23.4 Å². The maximum Gasteiger partial charge on any atom is 0.252 e. The largest absolute Gasteiger partial charge is 0.304 e. The van der Waals surface area contributed by atoms with Crippen molar-refractivity contribution in [1.82, 2.24) is 5.32 Å². The number of allylic oxidation sites excluding steroid dienone is 3. The first kappa shape index (κ1) is 19.8. The smallest absolute Gasteiger partial charge is 0.252 e. The van der Waals surface area contributed by atoms with Crippen molar-refractivity contribution in [2.24, 2.45) is 10.9 Å². The second-order valence-electron chi connectivity index (χ2n) is 6.95. The van der Waals surface area contributed by atoms with Gasteiger partial charge in [0.15, 0.2) is 5.17 Å². The molecule has 3 rings (SSSR count). The molecule has 4 nitrogen and oxygen atoms in total. The molecule has 1 aromatic carbocycles. The van der Waals surface area contributed by atoms with Gasteiger partial charge >= 0.3 is 0 Å². The van der Waals surface area contributed by atoms with E-state index >= 15 is 0 Å². The van der Waals surface area contributed by atoms with Crippen molar-refractivity contribution in [1.29, 1.82) is 0 Å². The number of amides is 1. The Morgan fingerprint density at radius 1 is 1.37 bits per heavy atom. The van der Waals surface area contributed by atoms with Crippen LogP contribution in [-0.4, -0.2) is 22.4 Å². The average Bonchev–Trinajstić information content (AvgIpc) is 2.92. The number of amidine groups is 1. The lowest BCUT2D eigenvalue weighted by molar-refractivity contribution is -0.121. The molecular formula is C20H20ClFN2O2S. The lowest BCUT2D eigenvalue weighted by Gasteiger charge is -2.20. The zero-order chi connectivity index (χ0) is 19.8. The fourth-order valence-corrected chi connectivity index (χ4v) is 4.35. The van der Waals surface area contributed by atoms with Crippen LogP contribution in [0.2, 0.25) is 0 Å². The standard InChI is InChI=1S/C20H20ClFN2O2S/c1-11-10-14(6-9-16(11)22)12(2)23-19-24-18(26)20(3,27-19)15-7-4-13(5-8-15)17(21)25/h4-9,11-12H,10H2,1-3H3,(H,23,24,26)/t11?,12-,20?/m0/s1. The molecule has 1 aliphatic heterocycles. The predicted molar refractivity (Wildman–Crippen MR) is 108 cm³/mol. The summed E-state index contributed by atoms with van der Waals surface area (Å²) in [5, 5.41) is 2.84. The summed E-state index contributed by atoms with van der Waals surface area (Å²) in [6, 6.07) is 6.52. The highest BCUT2D eigenvalue weighted by molar-refractivity contribution is 8.15. The maximum atomic E-state index is 13.5. The van der Waals surface area contributed by atoms with Crippen LogP contribution in [0.25, 0.3) is 0 Å². The van der Waals surface area contributed by atoms with Crippen LogP contribution in [0.1, 0.15) is 43.1 Å². The first-order valence-electron chi connectivity index (χ1n) is 8.65. The summed E-state index contributed by atoms with van der Waals surface area (Å²) in [5.74, 6) is -0.430. The first-order chi connectivity index (χ1) is 12.7. The van der Waals surface area contributed by atoms with Gasteiger partial charge in [-0.2, -0.15) is 0 Å². The Hall–Kier alpha value is -1.92. The summed E-state index contributed by atoms with van der Waals surface area (Å²) in [4.78, 5) is 28.4. The summed E-state index contributed by atoms with van der Waals surface area (Å²) in [6.07, 6.45) is 3.88. The molecule has 1 heterocycles. The second-order valence-corrected chi connectivity index (χ2v) is 8.70. The number of halogens is 2. The molecule has 0 bridgehead atoms. The van der Waals surface area contributed by atoms with Gasteiger partial charge in [0.1, 0.15) is 10.6 Å². The van der Waals surface area contributed by atoms with Crippen LogP contribution in [0.4, 0.5) is 4.39 Å². The number of rotatable bonds is 4. The minimum atomic E-state index is -0.841. The molecule has 1 aliphatic carbocycles. The van der Waals surface area contributed by atoms with E-state index in [1.807, 2.05) is 20.8 Å². The third kappa shape index (κ3) is 4.01. The van der Waals surface area contributed by atoms with Crippen molar-refractivity contribution >= 4 is 39.7 Å². The monoisotopic (exact) mass is 406 g/mol. The maximum absolute atomic E-state index is 13.5. The number of nitrogens with zero attached hydrogens (tertiary/aromatic N) is 1. The van der Waals surface area contributed by atoms with Gasteiger partial charge in [0.2, 0.25) is 5.91 Å². The normalized spacial score (nSPS) is 27.8. The summed E-state index contributed by atoms with van der Waals surface area (Å²) in [7, 11) is 0. The van der Waals surface area contributed by atoms with Crippen LogP contribution in [0.5, 0.6) is 0 Å². The van der Waals surface area contributed by atoms with Gasteiger partial charge in [-0.25, -0.2) is 4.39 Å². The van der Waals surface area contributed by atoms with Gasteiger partial charge in [-0.3, -0.25) is 14.6 Å². The predicted octanol–water partition coefficient (Wildman–Crippen LogP) is 4.71. The Morgan fingerprint density at radius 3 is 2.63 bits per heavy atom. The van der Waals surface area contributed by atoms with Crippen LogP contribution in [0, 0.1) is 5.92 Å². The number of aliphatic imine (C=N–C) groups is 1. The summed E-state index contributed by atoms with van der Waals surface area (Å²) in [5.41, 5.74) is 2.18. The van der Waals surface area contributed by atoms with Crippen molar-refractivity contribution in [3.8, 4) is 0 Å². The van der Waals surface area contributed by atoms with E-state index in [0.29, 0.717) is 17.2 Å². The number of nitrogens with one attached hydrogen (secondary N) is 1. The summed E-state index contributed by atoms with van der Waals surface area (Å²) < 4.78 is 12.7. The summed E-state index contributed by atoms with van der Waals surface area (Å²) >= 11 is 6.81. The molecule has 7 heteroatoms. The average molecular weight is 407 g/mol. The van der Waals surface area contributed by atoms with Gasteiger partial charge in [0.25, 0.3) is 5.24 Å². The molecule has 1 N–H and O–H groups in total. The van der Waals surface area contributed by atoms with Gasteiger partial charge in [-0.05, 0) is 61.2 Å². The lowest BCUT2D eigenvalue weighted by atomic mass is 9.91. The summed E-state index contributed by atoms with van der Waals surface area (Å²) in [6.45, 7) is 5.60. The van der Waals surface area contributed by atoms with E-state index in [1.165, 1.54) is 17.8 Å². The second kappa shape index (κ2) is 7.60. The number of benzene rings is 1. The van der Waals surface area contributed by atoms with E-state index < -0.39 is 9.99 Å². The molecule has 142 valence electrons. The van der Waals surface area contributed by atoms with Gasteiger partial charge < -0.3 is 5.32 Å². The van der Waals surface area contributed by atoms with Crippen LogP contribution in [-0.2, 0) is 9.54 Å². The molecule has 2 aliphatic rings. The molecule has 0 aromatic heterocycles. The highest BCUT2D eigenvalue weighted by Crippen LogP contribution is 2.41. The molecule has 1 amide bonds. The molecule has 2 unspecified atom stereocenters. The molecule has 1 aromatic rings. The number of thioether (sulfide) groups is 1. The third-order valence-electron chi connectivity index (χ3n) is 4.93. The van der Waals surface area contributed by atoms with E-state index in [-0.39, 0.29) is 23.7 Å². The fraction of sp³-hybridized carbons (Fsp3) is 0.350. The topological polar surface area (TPSA) is 58.5 Å². The highest BCUT2D eigenvalue weighted by Gasteiger charge is 2.44. The van der Waals surface area contributed by atoms with E-state index in [0.717, 1.165) is 11.1 Å². The molecule has 1 fully saturated rings. The zero-order valence-corrected chi connectivity index (χ0v) is 16.8. The Morgan fingerprint density at radius 2 is 2.04 bits per heavy atom. The Labute approximate surface area is 167 Å². The van der Waals surface area contributed by atoms with E-state index in [9.17, 15) is 14.0 Å². The Kier molecular flexibility index (Phi) is 5.58. The van der Waals surface area contributed by atoms with Gasteiger partial charge in [0, 0.05) is 11.5 Å². The van der Waals surface area contributed by atoms with Crippen molar-refractivity contribution in [3.05, 3.63) is 58.9 Å². The SMILES string of the molecule is CC1CC([C@H](C)N=C2NC(=O)C(C)(c3ccc(C(=O)Cl)cc3)S2)=CC=C1F. The van der Waals surface area contributed by atoms with Crippen LogP contribution < -0.4 is 5.32 Å². The van der Waals surface area contributed by atoms with Gasteiger partial charge in [-0.15, -0.1) is 0 Å². The van der Waals surface area contributed by atoms with Gasteiger partial charge in [-0.1, -0.05) is 36.9 Å². The van der Waals surface area contributed by atoms with Crippen molar-refractivity contribution < 1.29 is 14.0 Å². The van der Waals surface area contributed by atoms with Crippen LogP contribution in [0.3, 0.4) is 0 Å². The lowest BCUT2D eigenvalue weighted by Crippen LogP contribution is -2.32. The quantitative estimate of drug-likeness (QED) is 0.737. The van der Waals surface area contributed by atoms with Crippen molar-refractivity contribution in [2.45, 2.75) is 38.0 Å². The molecule has 0 radical (unpaired) electrons. The van der Waals surface area contributed by atoms with E-state index in [4.69, 9.17) is 11.6 Å². The van der Waals surface area contributed by atoms with E-state index in [1.54, 1.807) is 30.3 Å².